The zero-order valence-corrected chi connectivity index (χ0v) is 19.9. The van der Waals surface area contributed by atoms with E-state index >= 15 is 0 Å². The summed E-state index contributed by atoms with van der Waals surface area (Å²) in [7, 11) is 0. The molecule has 0 fully saturated rings. The molecule has 5 rings (SSSR count). The summed E-state index contributed by atoms with van der Waals surface area (Å²) in [6.45, 7) is 1.90. The summed E-state index contributed by atoms with van der Waals surface area (Å²) in [5, 5.41) is 3.04. The topological polar surface area (TPSA) is 66.5 Å². The van der Waals surface area contributed by atoms with Gasteiger partial charge < -0.3 is 5.32 Å². The molecule has 178 valence electrons. The van der Waals surface area contributed by atoms with E-state index in [0.717, 1.165) is 27.2 Å². The molecule has 1 heterocycles. The smallest absolute Gasteiger partial charge is 0.262 e. The predicted molar refractivity (Wildman–Crippen MR) is 139 cm³/mol. The Hall–Kier alpha value is -4.51. The van der Waals surface area contributed by atoms with Gasteiger partial charge in [0.05, 0.1) is 17.2 Å². The predicted octanol–water partition coefficient (Wildman–Crippen LogP) is 5.44. The molecule has 0 aliphatic carbocycles. The normalized spacial score (nSPS) is 14.3. The highest BCUT2D eigenvalue weighted by Gasteiger charge is 2.42. The minimum absolute atomic E-state index is 0.234. The number of fused-ring (bicyclic) bond motifs is 1. The van der Waals surface area contributed by atoms with E-state index in [1.165, 1.54) is 0 Å². The number of amides is 3. The van der Waals surface area contributed by atoms with Crippen LogP contribution < -0.4 is 5.32 Å². The van der Waals surface area contributed by atoms with E-state index in [-0.39, 0.29) is 18.4 Å². The minimum Gasteiger partial charge on any atom is -0.348 e. The Morgan fingerprint density at radius 3 is 1.78 bits per heavy atom. The molecule has 1 N–H and O–H groups in total. The zero-order valence-electron chi connectivity index (χ0n) is 19.9. The molecule has 3 amide bonds. The van der Waals surface area contributed by atoms with Crippen molar-refractivity contribution in [3.63, 3.8) is 0 Å². The maximum absolute atomic E-state index is 13.6. The second-order valence-electron chi connectivity index (χ2n) is 8.95. The fourth-order valence-electron chi connectivity index (χ4n) is 4.62. The molecule has 0 saturated heterocycles. The van der Waals surface area contributed by atoms with Crippen LogP contribution in [0.1, 0.15) is 44.8 Å². The summed E-state index contributed by atoms with van der Waals surface area (Å²) in [5.74, 6) is -1.24. The van der Waals surface area contributed by atoms with Crippen molar-refractivity contribution in [2.24, 2.45) is 0 Å². The van der Waals surface area contributed by atoms with Crippen LogP contribution in [0.15, 0.2) is 109 Å². The Bertz CT molecular complexity index is 1360. The molecule has 0 aromatic heterocycles. The van der Waals surface area contributed by atoms with E-state index in [0.29, 0.717) is 11.1 Å². The Morgan fingerprint density at radius 2 is 1.19 bits per heavy atom. The van der Waals surface area contributed by atoms with Gasteiger partial charge >= 0.3 is 0 Å². The van der Waals surface area contributed by atoms with E-state index in [4.69, 9.17) is 0 Å². The molecule has 4 aromatic carbocycles. The Balaban J connectivity index is 1.38. The Kier molecular flexibility index (Phi) is 6.46. The number of nitrogens with zero attached hydrogens (tertiary/aromatic N) is 1. The van der Waals surface area contributed by atoms with Gasteiger partial charge in [-0.1, -0.05) is 97.1 Å². The summed E-state index contributed by atoms with van der Waals surface area (Å²) in [6.07, 6.45) is 0.234. The standard InChI is InChI=1S/C31H26N2O3/c1-21(23-16-18-25(19-17-23)24-12-6-3-7-13-24)32-29(34)28(20-22-10-4-2-5-11-22)33-30(35)26-14-8-9-15-27(26)31(33)36/h2-19,21,28H,20H2,1H3,(H,32,34). The van der Waals surface area contributed by atoms with Crippen LogP contribution in [0.4, 0.5) is 0 Å². The number of nitrogens with one attached hydrogen (secondary N) is 1. The molecule has 2 atom stereocenters. The first-order valence-corrected chi connectivity index (χ1v) is 12.0. The lowest BCUT2D eigenvalue weighted by Crippen LogP contribution is -2.51. The average molecular weight is 475 g/mol. The molecular weight excluding hydrogens is 448 g/mol. The average Bonchev–Trinajstić information content (AvgIpc) is 3.18. The Morgan fingerprint density at radius 1 is 0.694 bits per heavy atom. The molecule has 4 aromatic rings. The van der Waals surface area contributed by atoms with E-state index in [1.807, 2.05) is 79.7 Å². The van der Waals surface area contributed by atoms with Crippen molar-refractivity contribution >= 4 is 17.7 Å². The van der Waals surface area contributed by atoms with E-state index < -0.39 is 17.9 Å². The molecule has 5 nitrogen and oxygen atoms in total. The maximum Gasteiger partial charge on any atom is 0.262 e. The molecular formula is C31H26N2O3. The second kappa shape index (κ2) is 10.0. The van der Waals surface area contributed by atoms with Gasteiger partial charge in [0.1, 0.15) is 6.04 Å². The summed E-state index contributed by atoms with van der Waals surface area (Å²) in [6, 6.07) is 33.0. The number of benzene rings is 4. The van der Waals surface area contributed by atoms with E-state index in [2.05, 4.69) is 17.4 Å². The lowest BCUT2D eigenvalue weighted by Gasteiger charge is -2.27. The number of hydrogen-bond donors (Lipinski definition) is 1. The number of carbonyl (C=O) groups excluding carboxylic acids is 3. The first-order chi connectivity index (χ1) is 17.5. The lowest BCUT2D eigenvalue weighted by atomic mass is 10.00. The van der Waals surface area contributed by atoms with E-state index in [1.54, 1.807) is 24.3 Å². The van der Waals surface area contributed by atoms with Crippen molar-refractivity contribution in [2.75, 3.05) is 0 Å². The number of rotatable bonds is 7. The fourth-order valence-corrected chi connectivity index (χ4v) is 4.62. The lowest BCUT2D eigenvalue weighted by molar-refractivity contribution is -0.125. The fraction of sp³-hybridized carbons (Fsp3) is 0.129. The highest BCUT2D eigenvalue weighted by molar-refractivity contribution is 6.22. The van der Waals surface area contributed by atoms with Crippen molar-refractivity contribution in [1.29, 1.82) is 0 Å². The van der Waals surface area contributed by atoms with Crippen LogP contribution in [-0.4, -0.2) is 28.7 Å². The molecule has 0 radical (unpaired) electrons. The third-order valence-corrected chi connectivity index (χ3v) is 6.59. The molecule has 0 spiro atoms. The monoisotopic (exact) mass is 474 g/mol. The zero-order chi connectivity index (χ0) is 25.1. The van der Waals surface area contributed by atoms with Crippen LogP contribution in [0, 0.1) is 0 Å². The van der Waals surface area contributed by atoms with Crippen LogP contribution in [0.5, 0.6) is 0 Å². The van der Waals surface area contributed by atoms with Gasteiger partial charge in [-0.3, -0.25) is 19.3 Å². The van der Waals surface area contributed by atoms with Crippen LogP contribution in [-0.2, 0) is 11.2 Å². The van der Waals surface area contributed by atoms with Crippen LogP contribution in [0.2, 0.25) is 0 Å². The Labute approximate surface area is 210 Å². The van der Waals surface area contributed by atoms with Crippen LogP contribution >= 0.6 is 0 Å². The van der Waals surface area contributed by atoms with Gasteiger partial charge in [0.2, 0.25) is 5.91 Å². The summed E-state index contributed by atoms with van der Waals surface area (Å²) >= 11 is 0. The van der Waals surface area contributed by atoms with Crippen molar-refractivity contribution in [2.45, 2.75) is 25.4 Å². The van der Waals surface area contributed by atoms with Crippen molar-refractivity contribution in [3.05, 3.63) is 131 Å². The van der Waals surface area contributed by atoms with Gasteiger partial charge in [0.25, 0.3) is 11.8 Å². The molecule has 0 bridgehead atoms. The molecule has 1 aliphatic heterocycles. The summed E-state index contributed by atoms with van der Waals surface area (Å²) in [5.41, 5.74) is 4.67. The van der Waals surface area contributed by atoms with Gasteiger partial charge in [-0.2, -0.15) is 0 Å². The SMILES string of the molecule is CC(NC(=O)C(Cc1ccccc1)N1C(=O)c2ccccc2C1=O)c1ccc(-c2ccccc2)cc1. The van der Waals surface area contributed by atoms with Crippen LogP contribution in [0.3, 0.4) is 0 Å². The largest absolute Gasteiger partial charge is 0.348 e. The quantitative estimate of drug-likeness (QED) is 0.363. The first-order valence-electron chi connectivity index (χ1n) is 12.0. The third-order valence-electron chi connectivity index (χ3n) is 6.59. The molecule has 5 heteroatoms. The van der Waals surface area contributed by atoms with Crippen LogP contribution in [0.25, 0.3) is 11.1 Å². The molecule has 36 heavy (non-hydrogen) atoms. The third kappa shape index (κ3) is 4.56. The van der Waals surface area contributed by atoms with E-state index in [9.17, 15) is 14.4 Å². The van der Waals surface area contributed by atoms with Gasteiger partial charge in [-0.15, -0.1) is 0 Å². The van der Waals surface area contributed by atoms with Crippen molar-refractivity contribution < 1.29 is 14.4 Å². The number of carbonyl (C=O) groups is 3. The van der Waals surface area contributed by atoms with Crippen molar-refractivity contribution in [3.8, 4) is 11.1 Å². The van der Waals surface area contributed by atoms with Crippen molar-refractivity contribution in [1.82, 2.24) is 10.2 Å². The highest BCUT2D eigenvalue weighted by Crippen LogP contribution is 2.27. The second-order valence-corrected chi connectivity index (χ2v) is 8.95. The van der Waals surface area contributed by atoms with Gasteiger partial charge in [-0.05, 0) is 41.3 Å². The first kappa shape index (κ1) is 23.2. The molecule has 1 aliphatic rings. The van der Waals surface area contributed by atoms with Gasteiger partial charge in [0.15, 0.2) is 0 Å². The number of hydrogen-bond acceptors (Lipinski definition) is 3. The molecule has 2 unspecified atom stereocenters. The van der Waals surface area contributed by atoms with Gasteiger partial charge in [0, 0.05) is 6.42 Å². The summed E-state index contributed by atoms with van der Waals surface area (Å²) < 4.78 is 0. The molecule has 0 saturated carbocycles. The summed E-state index contributed by atoms with van der Waals surface area (Å²) in [4.78, 5) is 41.1. The highest BCUT2D eigenvalue weighted by atomic mass is 16.2. The minimum atomic E-state index is -0.967. The maximum atomic E-state index is 13.6. The van der Waals surface area contributed by atoms with Gasteiger partial charge in [-0.25, -0.2) is 0 Å². The number of imide groups is 1.